The van der Waals surface area contributed by atoms with Crippen molar-refractivity contribution in [2.45, 2.75) is 47.0 Å². The highest BCUT2D eigenvalue weighted by atomic mass is 16.5. The highest BCUT2D eigenvalue weighted by Gasteiger charge is 2.12. The predicted molar refractivity (Wildman–Crippen MR) is 76.9 cm³/mol. The van der Waals surface area contributed by atoms with Crippen LogP contribution in [0.2, 0.25) is 0 Å². The van der Waals surface area contributed by atoms with Crippen LogP contribution in [-0.4, -0.2) is 10.1 Å². The Bertz CT molecular complexity index is 538. The van der Waals surface area contributed by atoms with E-state index in [1.807, 2.05) is 12.1 Å². The van der Waals surface area contributed by atoms with Crippen LogP contribution in [0.4, 0.5) is 0 Å². The number of nitrogens with zero attached hydrogens (tertiary/aromatic N) is 2. The zero-order valence-electron chi connectivity index (χ0n) is 12.2. The molecule has 0 fully saturated rings. The minimum Gasteiger partial charge on any atom is -0.334 e. The van der Waals surface area contributed by atoms with Crippen molar-refractivity contribution in [2.24, 2.45) is 5.41 Å². The van der Waals surface area contributed by atoms with E-state index in [-0.39, 0.29) is 0 Å². The van der Waals surface area contributed by atoms with Crippen LogP contribution in [0.1, 0.15) is 45.0 Å². The zero-order valence-corrected chi connectivity index (χ0v) is 12.2. The van der Waals surface area contributed by atoms with E-state index in [1.165, 1.54) is 12.0 Å². The van der Waals surface area contributed by atoms with Crippen molar-refractivity contribution >= 4 is 0 Å². The Hall–Kier alpha value is -1.64. The Kier molecular flexibility index (Phi) is 4.03. The number of hydrogen-bond acceptors (Lipinski definition) is 3. The Morgan fingerprint density at radius 3 is 2.68 bits per heavy atom. The molecule has 0 spiro atoms. The molecule has 1 aromatic carbocycles. The molecule has 3 heteroatoms. The van der Waals surface area contributed by atoms with Crippen molar-refractivity contribution in [3.63, 3.8) is 0 Å². The molecular weight excluding hydrogens is 236 g/mol. The molecule has 102 valence electrons. The molecule has 0 amide bonds. The van der Waals surface area contributed by atoms with Gasteiger partial charge in [0.1, 0.15) is 0 Å². The van der Waals surface area contributed by atoms with Crippen LogP contribution in [-0.2, 0) is 6.42 Å². The molecule has 0 N–H and O–H groups in total. The lowest BCUT2D eigenvalue weighted by molar-refractivity contribution is 0.361. The van der Waals surface area contributed by atoms with Crippen molar-refractivity contribution < 1.29 is 4.52 Å². The number of aromatic nitrogens is 2. The van der Waals surface area contributed by atoms with Crippen LogP contribution in [0.3, 0.4) is 0 Å². The second-order valence-corrected chi connectivity index (χ2v) is 6.30. The highest BCUT2D eigenvalue weighted by Crippen LogP contribution is 2.22. The van der Waals surface area contributed by atoms with Crippen molar-refractivity contribution in [3.8, 4) is 11.5 Å². The second-order valence-electron chi connectivity index (χ2n) is 6.30. The SMILES string of the molecule is Cc1cccc(-c2nc(CCCC(C)(C)C)no2)c1. The van der Waals surface area contributed by atoms with Crippen LogP contribution in [0.5, 0.6) is 0 Å². The molecule has 0 saturated carbocycles. The molecular formula is C16H22N2O. The van der Waals surface area contributed by atoms with E-state index in [2.05, 4.69) is 50.0 Å². The monoisotopic (exact) mass is 258 g/mol. The third-order valence-electron chi connectivity index (χ3n) is 3.06. The molecule has 1 aromatic heterocycles. The summed E-state index contributed by atoms with van der Waals surface area (Å²) in [6, 6.07) is 8.13. The Balaban J connectivity index is 1.99. The Morgan fingerprint density at radius 2 is 2.00 bits per heavy atom. The minimum atomic E-state index is 0.364. The van der Waals surface area contributed by atoms with Crippen LogP contribution in [0.15, 0.2) is 28.8 Å². The van der Waals surface area contributed by atoms with Crippen molar-refractivity contribution in [2.75, 3.05) is 0 Å². The fourth-order valence-corrected chi connectivity index (χ4v) is 2.03. The summed E-state index contributed by atoms with van der Waals surface area (Å²) in [6.45, 7) is 8.81. The predicted octanol–water partition coefficient (Wildman–Crippen LogP) is 4.41. The highest BCUT2D eigenvalue weighted by molar-refractivity contribution is 5.53. The summed E-state index contributed by atoms with van der Waals surface area (Å²) in [6.07, 6.45) is 3.14. The quantitative estimate of drug-likeness (QED) is 0.815. The van der Waals surface area contributed by atoms with Gasteiger partial charge in [-0.1, -0.05) is 43.6 Å². The lowest BCUT2D eigenvalue weighted by atomic mass is 9.90. The van der Waals surface area contributed by atoms with Crippen LogP contribution in [0.25, 0.3) is 11.5 Å². The Morgan fingerprint density at radius 1 is 1.21 bits per heavy atom. The van der Waals surface area contributed by atoms with Crippen molar-refractivity contribution in [3.05, 3.63) is 35.7 Å². The van der Waals surface area contributed by atoms with Gasteiger partial charge in [0.25, 0.3) is 5.89 Å². The van der Waals surface area contributed by atoms with E-state index in [0.717, 1.165) is 24.2 Å². The first-order valence-corrected chi connectivity index (χ1v) is 6.84. The van der Waals surface area contributed by atoms with Gasteiger partial charge in [0.05, 0.1) is 0 Å². The molecule has 0 atom stereocenters. The summed E-state index contributed by atoms with van der Waals surface area (Å²) < 4.78 is 5.33. The van der Waals surface area contributed by atoms with Crippen LogP contribution >= 0.6 is 0 Å². The first-order valence-electron chi connectivity index (χ1n) is 6.84. The normalized spacial score (nSPS) is 11.8. The summed E-state index contributed by atoms with van der Waals surface area (Å²) in [5.74, 6) is 1.43. The van der Waals surface area contributed by atoms with Gasteiger partial charge in [-0.15, -0.1) is 0 Å². The van der Waals surface area contributed by atoms with Gasteiger partial charge < -0.3 is 4.52 Å². The van der Waals surface area contributed by atoms with Gasteiger partial charge in [0.2, 0.25) is 0 Å². The standard InChI is InChI=1S/C16H22N2O/c1-12-7-5-8-13(11-12)15-17-14(18-19-15)9-6-10-16(2,3)4/h5,7-8,11H,6,9-10H2,1-4H3. The first-order chi connectivity index (χ1) is 8.94. The summed E-state index contributed by atoms with van der Waals surface area (Å²) >= 11 is 0. The van der Waals surface area contributed by atoms with Crippen LogP contribution < -0.4 is 0 Å². The maximum atomic E-state index is 5.33. The molecule has 0 aliphatic rings. The van der Waals surface area contributed by atoms with Gasteiger partial charge in [0.15, 0.2) is 5.82 Å². The van der Waals surface area contributed by atoms with E-state index in [1.54, 1.807) is 0 Å². The first kappa shape index (κ1) is 13.8. The van der Waals surface area contributed by atoms with Gasteiger partial charge in [-0.05, 0) is 37.3 Å². The maximum absolute atomic E-state index is 5.33. The van der Waals surface area contributed by atoms with Gasteiger partial charge in [-0.2, -0.15) is 4.98 Å². The fourth-order valence-electron chi connectivity index (χ4n) is 2.03. The average molecular weight is 258 g/mol. The molecule has 0 aliphatic heterocycles. The van der Waals surface area contributed by atoms with Gasteiger partial charge in [-0.3, -0.25) is 0 Å². The lowest BCUT2D eigenvalue weighted by Gasteiger charge is -2.16. The third-order valence-corrected chi connectivity index (χ3v) is 3.06. The van der Waals surface area contributed by atoms with Crippen molar-refractivity contribution in [1.82, 2.24) is 10.1 Å². The molecule has 19 heavy (non-hydrogen) atoms. The molecule has 1 heterocycles. The second kappa shape index (κ2) is 5.55. The van der Waals surface area contributed by atoms with E-state index < -0.39 is 0 Å². The molecule has 0 saturated heterocycles. The summed E-state index contributed by atoms with van der Waals surface area (Å²) in [5.41, 5.74) is 2.56. The fraction of sp³-hybridized carbons (Fsp3) is 0.500. The molecule has 0 radical (unpaired) electrons. The maximum Gasteiger partial charge on any atom is 0.257 e. The number of benzene rings is 1. The number of rotatable bonds is 4. The summed E-state index contributed by atoms with van der Waals surface area (Å²) in [7, 11) is 0. The molecule has 0 aliphatic carbocycles. The largest absolute Gasteiger partial charge is 0.334 e. The molecule has 2 aromatic rings. The van der Waals surface area contributed by atoms with E-state index >= 15 is 0 Å². The summed E-state index contributed by atoms with van der Waals surface area (Å²) in [5, 5.41) is 4.06. The van der Waals surface area contributed by atoms with Crippen LogP contribution in [0, 0.1) is 12.3 Å². The van der Waals surface area contributed by atoms with Gasteiger partial charge in [0, 0.05) is 12.0 Å². The van der Waals surface area contributed by atoms with Gasteiger partial charge >= 0.3 is 0 Å². The lowest BCUT2D eigenvalue weighted by Crippen LogP contribution is -2.05. The van der Waals surface area contributed by atoms with E-state index in [4.69, 9.17) is 4.52 Å². The Labute approximate surface area is 115 Å². The zero-order chi connectivity index (χ0) is 13.9. The molecule has 2 rings (SSSR count). The molecule has 0 bridgehead atoms. The van der Waals surface area contributed by atoms with Crippen molar-refractivity contribution in [1.29, 1.82) is 0 Å². The number of aryl methyl sites for hydroxylation is 2. The smallest absolute Gasteiger partial charge is 0.257 e. The van der Waals surface area contributed by atoms with Gasteiger partial charge in [-0.25, -0.2) is 0 Å². The third kappa shape index (κ3) is 4.19. The van der Waals surface area contributed by atoms with E-state index in [9.17, 15) is 0 Å². The minimum absolute atomic E-state index is 0.364. The average Bonchev–Trinajstić information content (AvgIpc) is 2.76. The molecule has 0 unspecified atom stereocenters. The number of hydrogen-bond donors (Lipinski definition) is 0. The van der Waals surface area contributed by atoms with E-state index in [0.29, 0.717) is 11.3 Å². The topological polar surface area (TPSA) is 38.9 Å². The summed E-state index contributed by atoms with van der Waals surface area (Å²) in [4.78, 5) is 4.46. The molecule has 3 nitrogen and oxygen atoms in total.